The molecule has 0 aliphatic carbocycles. The van der Waals surface area contributed by atoms with Crippen LogP contribution >= 0.6 is 11.8 Å². The first-order valence-corrected chi connectivity index (χ1v) is 8.23. The third kappa shape index (κ3) is 4.69. The van der Waals surface area contributed by atoms with Gasteiger partial charge in [-0.15, -0.1) is 16.8 Å². The van der Waals surface area contributed by atoms with Gasteiger partial charge in [-0.05, 0) is 24.3 Å². The number of thioether (sulfide) groups is 1. The van der Waals surface area contributed by atoms with Crippen LogP contribution < -0.4 is 5.32 Å². The number of nitrogens with zero attached hydrogens (tertiary/aromatic N) is 4. The Morgan fingerprint density at radius 1 is 1.33 bits per heavy atom. The summed E-state index contributed by atoms with van der Waals surface area (Å²) in [5.41, 5.74) is 1.22. The van der Waals surface area contributed by atoms with Crippen LogP contribution in [0.4, 0.5) is 5.69 Å². The van der Waals surface area contributed by atoms with Crippen LogP contribution in [0, 0.1) is 0 Å². The number of rotatable bonds is 7. The van der Waals surface area contributed by atoms with Gasteiger partial charge < -0.3 is 14.8 Å². The Kier molecular flexibility index (Phi) is 6.14. The van der Waals surface area contributed by atoms with Crippen molar-refractivity contribution in [1.29, 1.82) is 0 Å². The fourth-order valence-corrected chi connectivity index (χ4v) is 2.63. The molecule has 1 aromatic carbocycles. The summed E-state index contributed by atoms with van der Waals surface area (Å²) in [7, 11) is 3.39. The zero-order valence-corrected chi connectivity index (χ0v) is 14.4. The molecule has 24 heavy (non-hydrogen) atoms. The van der Waals surface area contributed by atoms with Gasteiger partial charge >= 0.3 is 0 Å². The van der Waals surface area contributed by atoms with Gasteiger partial charge in [-0.3, -0.25) is 9.59 Å². The molecule has 0 saturated carbocycles. The Hall–Kier alpha value is -2.61. The van der Waals surface area contributed by atoms with Crippen molar-refractivity contribution in [2.24, 2.45) is 0 Å². The molecule has 1 heterocycles. The van der Waals surface area contributed by atoms with Gasteiger partial charge in [0, 0.05) is 31.9 Å². The van der Waals surface area contributed by atoms with E-state index < -0.39 is 0 Å². The average Bonchev–Trinajstić information content (AvgIpc) is 3.00. The second-order valence-electron chi connectivity index (χ2n) is 5.17. The van der Waals surface area contributed by atoms with Crippen LogP contribution in [0.15, 0.2) is 48.4 Å². The van der Waals surface area contributed by atoms with Crippen LogP contribution in [0.1, 0.15) is 10.4 Å². The molecule has 0 unspecified atom stereocenters. The summed E-state index contributed by atoms with van der Waals surface area (Å²) in [5.74, 6) is -0.0152. The number of aromatic nitrogens is 3. The standard InChI is InChI=1S/C16H19N5O2S/c1-4-9-21-11-17-19-16(21)24-10-14(22)18-13-7-5-12(6-8-13)15(23)20(2)3/h4-8,11H,1,9-10H2,2-3H3,(H,18,22). The summed E-state index contributed by atoms with van der Waals surface area (Å²) in [4.78, 5) is 25.3. The summed E-state index contributed by atoms with van der Waals surface area (Å²) in [6.07, 6.45) is 3.34. The fourth-order valence-electron chi connectivity index (χ4n) is 1.90. The lowest BCUT2D eigenvalue weighted by Crippen LogP contribution is -2.21. The van der Waals surface area contributed by atoms with Crippen LogP contribution in [-0.2, 0) is 11.3 Å². The molecule has 0 radical (unpaired) electrons. The Bertz CT molecular complexity index is 724. The lowest BCUT2D eigenvalue weighted by Gasteiger charge is -2.11. The molecular formula is C16H19N5O2S. The van der Waals surface area contributed by atoms with Gasteiger partial charge in [-0.1, -0.05) is 17.8 Å². The molecule has 2 aromatic rings. The number of amides is 2. The molecule has 0 spiro atoms. The first-order chi connectivity index (χ1) is 11.5. The lowest BCUT2D eigenvalue weighted by atomic mass is 10.2. The molecule has 2 amide bonds. The lowest BCUT2D eigenvalue weighted by molar-refractivity contribution is -0.113. The third-order valence-electron chi connectivity index (χ3n) is 3.06. The number of benzene rings is 1. The van der Waals surface area contributed by atoms with Crippen molar-refractivity contribution in [3.63, 3.8) is 0 Å². The number of carbonyl (C=O) groups is 2. The molecule has 1 N–H and O–H groups in total. The SMILES string of the molecule is C=CCn1cnnc1SCC(=O)Nc1ccc(C(=O)N(C)C)cc1. The predicted octanol–water partition coefficient (Wildman–Crippen LogP) is 1.90. The Morgan fingerprint density at radius 3 is 2.67 bits per heavy atom. The van der Waals surface area contributed by atoms with Gasteiger partial charge in [-0.25, -0.2) is 0 Å². The highest BCUT2D eigenvalue weighted by atomic mass is 32.2. The highest BCUT2D eigenvalue weighted by Gasteiger charge is 2.10. The number of anilines is 1. The van der Waals surface area contributed by atoms with Crippen LogP contribution in [0.3, 0.4) is 0 Å². The van der Waals surface area contributed by atoms with Crippen molar-refractivity contribution in [1.82, 2.24) is 19.7 Å². The summed E-state index contributed by atoms with van der Waals surface area (Å²) < 4.78 is 1.81. The van der Waals surface area contributed by atoms with Crippen molar-refractivity contribution >= 4 is 29.3 Å². The van der Waals surface area contributed by atoms with E-state index in [0.717, 1.165) is 0 Å². The number of hydrogen-bond donors (Lipinski definition) is 1. The van der Waals surface area contributed by atoms with Gasteiger partial charge in [0.1, 0.15) is 6.33 Å². The van der Waals surface area contributed by atoms with Gasteiger partial charge in [-0.2, -0.15) is 0 Å². The summed E-state index contributed by atoms with van der Waals surface area (Å²) >= 11 is 1.30. The summed E-state index contributed by atoms with van der Waals surface area (Å²) in [6, 6.07) is 6.79. The molecule has 0 atom stereocenters. The first kappa shape index (κ1) is 17.7. The monoisotopic (exact) mass is 345 g/mol. The number of allylic oxidation sites excluding steroid dienone is 1. The van der Waals surface area contributed by atoms with E-state index in [1.807, 2.05) is 4.57 Å². The molecule has 0 bridgehead atoms. The van der Waals surface area contributed by atoms with E-state index in [1.165, 1.54) is 16.7 Å². The van der Waals surface area contributed by atoms with E-state index in [1.54, 1.807) is 50.8 Å². The smallest absolute Gasteiger partial charge is 0.253 e. The molecule has 0 aliphatic rings. The van der Waals surface area contributed by atoms with Gasteiger partial charge in [0.05, 0.1) is 5.75 Å². The first-order valence-electron chi connectivity index (χ1n) is 7.24. The van der Waals surface area contributed by atoms with Crippen molar-refractivity contribution < 1.29 is 9.59 Å². The number of nitrogens with one attached hydrogen (secondary N) is 1. The van der Waals surface area contributed by atoms with E-state index in [9.17, 15) is 9.59 Å². The highest BCUT2D eigenvalue weighted by Crippen LogP contribution is 2.16. The second kappa shape index (κ2) is 8.30. The van der Waals surface area contributed by atoms with Crippen LogP contribution in [0.2, 0.25) is 0 Å². The average molecular weight is 345 g/mol. The van der Waals surface area contributed by atoms with Crippen LogP contribution in [0.25, 0.3) is 0 Å². The van der Waals surface area contributed by atoms with E-state index >= 15 is 0 Å². The molecule has 2 rings (SSSR count). The Balaban J connectivity index is 1.89. The van der Waals surface area contributed by atoms with Crippen molar-refractivity contribution in [3.05, 3.63) is 48.8 Å². The van der Waals surface area contributed by atoms with E-state index in [0.29, 0.717) is 23.0 Å². The maximum absolute atomic E-state index is 12.0. The molecule has 0 fully saturated rings. The topological polar surface area (TPSA) is 80.1 Å². The maximum atomic E-state index is 12.0. The Morgan fingerprint density at radius 2 is 2.04 bits per heavy atom. The van der Waals surface area contributed by atoms with E-state index in [4.69, 9.17) is 0 Å². The van der Waals surface area contributed by atoms with E-state index in [-0.39, 0.29) is 17.6 Å². The molecule has 0 saturated heterocycles. The van der Waals surface area contributed by atoms with Crippen LogP contribution in [0.5, 0.6) is 0 Å². The maximum Gasteiger partial charge on any atom is 0.253 e. The minimum atomic E-state index is -0.153. The molecule has 1 aromatic heterocycles. The Labute approximate surface area is 144 Å². The normalized spacial score (nSPS) is 10.2. The minimum Gasteiger partial charge on any atom is -0.345 e. The van der Waals surface area contributed by atoms with Crippen molar-refractivity contribution in [3.8, 4) is 0 Å². The molecule has 8 heteroatoms. The highest BCUT2D eigenvalue weighted by molar-refractivity contribution is 7.99. The molecule has 0 aliphatic heterocycles. The zero-order chi connectivity index (χ0) is 17.5. The van der Waals surface area contributed by atoms with Gasteiger partial charge in [0.25, 0.3) is 5.91 Å². The molecule has 126 valence electrons. The second-order valence-corrected chi connectivity index (χ2v) is 6.11. The van der Waals surface area contributed by atoms with Crippen molar-refractivity contribution in [2.45, 2.75) is 11.7 Å². The minimum absolute atomic E-state index is 0.0787. The van der Waals surface area contributed by atoms with Gasteiger partial charge in [0.2, 0.25) is 5.91 Å². The molecule has 7 nitrogen and oxygen atoms in total. The zero-order valence-electron chi connectivity index (χ0n) is 13.6. The summed E-state index contributed by atoms with van der Waals surface area (Å²) in [6.45, 7) is 4.26. The number of hydrogen-bond acceptors (Lipinski definition) is 5. The largest absolute Gasteiger partial charge is 0.345 e. The predicted molar refractivity (Wildman–Crippen MR) is 94.0 cm³/mol. The molecular weight excluding hydrogens is 326 g/mol. The van der Waals surface area contributed by atoms with Crippen LogP contribution in [-0.4, -0.2) is 51.3 Å². The van der Waals surface area contributed by atoms with Gasteiger partial charge in [0.15, 0.2) is 5.16 Å². The van der Waals surface area contributed by atoms with Crippen molar-refractivity contribution in [2.75, 3.05) is 25.2 Å². The quantitative estimate of drug-likeness (QED) is 0.612. The summed E-state index contributed by atoms with van der Waals surface area (Å²) in [5, 5.41) is 11.2. The number of carbonyl (C=O) groups excluding carboxylic acids is 2. The third-order valence-corrected chi connectivity index (χ3v) is 4.04. The fraction of sp³-hybridized carbons (Fsp3) is 0.250. The van der Waals surface area contributed by atoms with E-state index in [2.05, 4.69) is 22.1 Å².